The highest BCUT2D eigenvalue weighted by molar-refractivity contribution is 6.23. The molecule has 0 fully saturated rings. The van der Waals surface area contributed by atoms with Crippen LogP contribution in [0.5, 0.6) is 0 Å². The summed E-state index contributed by atoms with van der Waals surface area (Å²) in [5.74, 6) is 0. The zero-order valence-corrected chi connectivity index (χ0v) is 33.7. The summed E-state index contributed by atoms with van der Waals surface area (Å²) in [5, 5.41) is 4.86. The molecule has 0 N–H and O–H groups in total. The monoisotopic (exact) mass is 766 g/mol. The molecule has 0 saturated carbocycles. The van der Waals surface area contributed by atoms with Crippen LogP contribution in [0.4, 0.5) is 34.1 Å². The summed E-state index contributed by atoms with van der Waals surface area (Å²) in [6.45, 7) is 4.31. The first-order chi connectivity index (χ1) is 29.6. The smallest absolute Gasteiger partial charge is 0.0534 e. The van der Waals surface area contributed by atoms with Gasteiger partial charge in [-0.05, 0) is 140 Å². The number of hydrogen-bond acceptors (Lipinski definition) is 2. The number of allylic oxidation sites excluding steroid dienone is 1. The quantitative estimate of drug-likeness (QED) is 0.161. The van der Waals surface area contributed by atoms with Gasteiger partial charge in [0.1, 0.15) is 0 Å². The SMILES string of the molecule is C/C=C\c1ccc(-c2c3ccc(N4c5ccccc5C=Cc5ccccc54)cc3c(-c3ccccc3)c3cc(N4c5ccccc5C=Cc5ccccc54)ccc23)cc1C. The Bertz CT molecular complexity index is 2970. The van der Waals surface area contributed by atoms with Crippen molar-refractivity contribution in [3.05, 3.63) is 221 Å². The van der Waals surface area contributed by atoms with Crippen molar-refractivity contribution in [1.82, 2.24) is 0 Å². The average molecular weight is 767 g/mol. The van der Waals surface area contributed by atoms with E-state index in [9.17, 15) is 0 Å². The van der Waals surface area contributed by atoms with E-state index in [-0.39, 0.29) is 0 Å². The van der Waals surface area contributed by atoms with Crippen LogP contribution in [0, 0.1) is 6.92 Å². The van der Waals surface area contributed by atoms with E-state index in [0.29, 0.717) is 0 Å². The van der Waals surface area contributed by atoms with E-state index in [1.54, 1.807) is 0 Å². The lowest BCUT2D eigenvalue weighted by atomic mass is 9.84. The molecule has 0 unspecified atom stereocenters. The van der Waals surface area contributed by atoms with E-state index in [2.05, 4.69) is 242 Å². The first-order valence-corrected chi connectivity index (χ1v) is 20.8. The molecule has 0 aliphatic carbocycles. The molecule has 0 aromatic heterocycles. The van der Waals surface area contributed by atoms with Gasteiger partial charge in [0.2, 0.25) is 0 Å². The number of para-hydroxylation sites is 4. The van der Waals surface area contributed by atoms with Crippen LogP contribution in [0.2, 0.25) is 0 Å². The number of hydrogen-bond donors (Lipinski definition) is 0. The predicted octanol–water partition coefficient (Wildman–Crippen LogP) is 16.6. The predicted molar refractivity (Wildman–Crippen MR) is 259 cm³/mol. The van der Waals surface area contributed by atoms with Crippen LogP contribution in [0.3, 0.4) is 0 Å². The Morgan fingerprint density at radius 2 is 0.783 bits per heavy atom. The molecule has 9 aromatic carbocycles. The third kappa shape index (κ3) is 5.88. The van der Waals surface area contributed by atoms with Crippen molar-refractivity contribution >= 4 is 86.0 Å². The third-order valence-electron chi connectivity index (χ3n) is 12.2. The fourth-order valence-electron chi connectivity index (χ4n) is 9.41. The van der Waals surface area contributed by atoms with Gasteiger partial charge < -0.3 is 9.80 Å². The van der Waals surface area contributed by atoms with Crippen molar-refractivity contribution in [3.63, 3.8) is 0 Å². The van der Waals surface area contributed by atoms with Crippen LogP contribution < -0.4 is 9.80 Å². The van der Waals surface area contributed by atoms with Crippen molar-refractivity contribution in [1.29, 1.82) is 0 Å². The third-order valence-corrected chi connectivity index (χ3v) is 12.2. The number of benzene rings is 9. The molecule has 2 nitrogen and oxygen atoms in total. The molecule has 60 heavy (non-hydrogen) atoms. The number of rotatable bonds is 5. The summed E-state index contributed by atoms with van der Waals surface area (Å²) in [6, 6.07) is 67.1. The summed E-state index contributed by atoms with van der Waals surface area (Å²) < 4.78 is 0. The molecular formula is C58H42N2. The van der Waals surface area contributed by atoms with E-state index < -0.39 is 0 Å². The molecule has 284 valence electrons. The molecule has 0 saturated heterocycles. The summed E-state index contributed by atoms with van der Waals surface area (Å²) in [4.78, 5) is 4.88. The molecule has 2 heteroatoms. The lowest BCUT2D eigenvalue weighted by molar-refractivity contribution is 1.28. The largest absolute Gasteiger partial charge is 0.309 e. The molecular weight excluding hydrogens is 725 g/mol. The maximum Gasteiger partial charge on any atom is 0.0534 e. The zero-order valence-electron chi connectivity index (χ0n) is 33.7. The van der Waals surface area contributed by atoms with Crippen molar-refractivity contribution in [3.8, 4) is 22.3 Å². The fraction of sp³-hybridized carbons (Fsp3) is 0.0345. The van der Waals surface area contributed by atoms with Gasteiger partial charge in [0, 0.05) is 11.4 Å². The summed E-state index contributed by atoms with van der Waals surface area (Å²) in [6.07, 6.45) is 13.3. The van der Waals surface area contributed by atoms with E-state index >= 15 is 0 Å². The van der Waals surface area contributed by atoms with E-state index in [1.807, 2.05) is 0 Å². The summed E-state index contributed by atoms with van der Waals surface area (Å²) in [5.41, 5.74) is 18.9. The second-order valence-corrected chi connectivity index (χ2v) is 15.7. The van der Waals surface area contributed by atoms with Crippen LogP contribution in [-0.4, -0.2) is 0 Å². The van der Waals surface area contributed by atoms with E-state index in [0.717, 1.165) is 34.1 Å². The minimum atomic E-state index is 1.12. The van der Waals surface area contributed by atoms with Gasteiger partial charge in [-0.2, -0.15) is 0 Å². The van der Waals surface area contributed by atoms with Crippen molar-refractivity contribution in [2.45, 2.75) is 13.8 Å². The van der Waals surface area contributed by atoms with Crippen molar-refractivity contribution < 1.29 is 0 Å². The van der Waals surface area contributed by atoms with Gasteiger partial charge in [0.05, 0.1) is 22.7 Å². The Kier molecular flexibility index (Phi) is 8.64. The van der Waals surface area contributed by atoms with Crippen LogP contribution in [0.1, 0.15) is 40.3 Å². The summed E-state index contributed by atoms with van der Waals surface area (Å²) in [7, 11) is 0. The van der Waals surface area contributed by atoms with Crippen molar-refractivity contribution in [2.24, 2.45) is 0 Å². The van der Waals surface area contributed by atoms with Crippen LogP contribution in [-0.2, 0) is 0 Å². The Hall–Kier alpha value is -7.68. The summed E-state index contributed by atoms with van der Waals surface area (Å²) >= 11 is 0. The zero-order chi connectivity index (χ0) is 40.2. The second kappa shape index (κ2) is 14.6. The lowest BCUT2D eigenvalue weighted by Crippen LogP contribution is -2.12. The second-order valence-electron chi connectivity index (χ2n) is 15.7. The van der Waals surface area contributed by atoms with Crippen molar-refractivity contribution in [2.75, 3.05) is 9.80 Å². The van der Waals surface area contributed by atoms with Crippen LogP contribution in [0.25, 0.3) is 74.2 Å². The Labute approximate surface area is 351 Å². The van der Waals surface area contributed by atoms with Crippen LogP contribution >= 0.6 is 0 Å². The van der Waals surface area contributed by atoms with Gasteiger partial charge in [-0.15, -0.1) is 0 Å². The van der Waals surface area contributed by atoms with Gasteiger partial charge in [0.25, 0.3) is 0 Å². The standard InChI is InChI=1S/C58H42N2/c1-3-15-40-26-31-46(36-39(40)2)58-49-34-32-47(59-53-22-11-7-16-41(53)27-28-42-17-8-12-23-54(42)59)37-51(49)57(45-20-5-4-6-21-45)52-38-48(33-35-50(52)58)60-55-24-13-9-18-43(55)29-30-44-19-10-14-25-56(44)60/h3-38H,1-2H3/b15-3-. The highest BCUT2D eigenvalue weighted by atomic mass is 15.2. The number of aryl methyl sites for hydroxylation is 1. The van der Waals surface area contributed by atoms with E-state index in [4.69, 9.17) is 0 Å². The molecule has 11 rings (SSSR count). The molecule has 0 bridgehead atoms. The Balaban J connectivity index is 1.26. The minimum absolute atomic E-state index is 1.12. The highest BCUT2D eigenvalue weighted by Crippen LogP contribution is 2.50. The first-order valence-electron chi connectivity index (χ1n) is 20.8. The molecule has 0 spiro atoms. The Morgan fingerprint density at radius 3 is 1.22 bits per heavy atom. The fourth-order valence-corrected chi connectivity index (χ4v) is 9.41. The molecule has 2 heterocycles. The Morgan fingerprint density at radius 1 is 0.367 bits per heavy atom. The van der Waals surface area contributed by atoms with Gasteiger partial charge in [-0.25, -0.2) is 0 Å². The number of nitrogens with zero attached hydrogens (tertiary/aromatic N) is 2. The molecule has 0 amide bonds. The van der Waals surface area contributed by atoms with E-state index in [1.165, 1.54) is 77.2 Å². The minimum Gasteiger partial charge on any atom is -0.309 e. The topological polar surface area (TPSA) is 6.48 Å². The maximum atomic E-state index is 2.44. The normalized spacial score (nSPS) is 12.9. The van der Waals surface area contributed by atoms with Gasteiger partial charge in [-0.3, -0.25) is 0 Å². The highest BCUT2D eigenvalue weighted by Gasteiger charge is 2.25. The van der Waals surface area contributed by atoms with Crippen LogP contribution in [0.15, 0.2) is 188 Å². The maximum absolute atomic E-state index is 2.44. The first kappa shape index (κ1) is 35.5. The van der Waals surface area contributed by atoms with Gasteiger partial charge >= 0.3 is 0 Å². The molecule has 9 aromatic rings. The molecule has 2 aliphatic heterocycles. The molecule has 2 aliphatic rings. The lowest BCUT2D eigenvalue weighted by Gasteiger charge is -2.29. The number of fused-ring (bicyclic) bond motifs is 6. The van der Waals surface area contributed by atoms with Gasteiger partial charge in [-0.1, -0.05) is 170 Å². The average Bonchev–Trinajstić information content (AvgIpc) is 3.57. The molecule has 0 atom stereocenters. The van der Waals surface area contributed by atoms with Gasteiger partial charge in [0.15, 0.2) is 0 Å². The number of anilines is 6. The molecule has 0 radical (unpaired) electrons.